The summed E-state index contributed by atoms with van der Waals surface area (Å²) >= 11 is 9.28. The third kappa shape index (κ3) is 3.09. The lowest BCUT2D eigenvalue weighted by atomic mass is 10.1. The zero-order valence-corrected chi connectivity index (χ0v) is 11.8. The maximum atomic E-state index is 9.47. The quantitative estimate of drug-likeness (QED) is 0.851. The molecule has 1 saturated heterocycles. The van der Waals surface area contributed by atoms with E-state index in [0.29, 0.717) is 0 Å². The van der Waals surface area contributed by atoms with Crippen molar-refractivity contribution in [3.8, 4) is 0 Å². The molecule has 0 spiro atoms. The van der Waals surface area contributed by atoms with Crippen molar-refractivity contribution in [1.82, 2.24) is 9.97 Å². The summed E-state index contributed by atoms with van der Waals surface area (Å²) in [5, 5.41) is 9.71. The Balaban J connectivity index is 2.31. The summed E-state index contributed by atoms with van der Waals surface area (Å²) in [6.07, 6.45) is 6.11. The van der Waals surface area contributed by atoms with Gasteiger partial charge in [0.1, 0.15) is 5.82 Å². The highest BCUT2D eigenvalue weighted by atomic mass is 79.9. The highest BCUT2D eigenvalue weighted by Crippen LogP contribution is 2.29. The van der Waals surface area contributed by atoms with E-state index in [1.54, 1.807) is 6.20 Å². The smallest absolute Gasteiger partial charge is 0.224 e. The lowest BCUT2D eigenvalue weighted by Gasteiger charge is -2.30. The van der Waals surface area contributed by atoms with E-state index >= 15 is 0 Å². The minimum Gasteiger partial charge on any atom is -0.394 e. The average molecular weight is 321 g/mol. The van der Waals surface area contributed by atoms with Gasteiger partial charge >= 0.3 is 0 Å². The predicted molar refractivity (Wildman–Crippen MR) is 71.4 cm³/mol. The number of hydrogen-bond donors (Lipinski definition) is 1. The van der Waals surface area contributed by atoms with Crippen molar-refractivity contribution < 1.29 is 5.11 Å². The number of rotatable bonds is 2. The van der Waals surface area contributed by atoms with Gasteiger partial charge in [-0.15, -0.1) is 0 Å². The van der Waals surface area contributed by atoms with Crippen LogP contribution in [0.15, 0.2) is 10.7 Å². The molecule has 1 aliphatic heterocycles. The van der Waals surface area contributed by atoms with Gasteiger partial charge in [-0.05, 0) is 40.4 Å². The van der Waals surface area contributed by atoms with Crippen LogP contribution in [-0.4, -0.2) is 34.3 Å². The predicted octanol–water partition coefficient (Wildman–Crippen LogP) is 2.63. The molecule has 1 unspecified atom stereocenters. The Morgan fingerprint density at radius 2 is 2.29 bits per heavy atom. The minimum atomic E-state index is 0.125. The molecule has 0 aliphatic carbocycles. The average Bonchev–Trinajstić information content (AvgIpc) is 2.57. The van der Waals surface area contributed by atoms with Gasteiger partial charge in [0.05, 0.1) is 17.1 Å². The molecule has 4 nitrogen and oxygen atoms in total. The van der Waals surface area contributed by atoms with E-state index in [1.165, 1.54) is 6.42 Å². The first-order valence-corrected chi connectivity index (χ1v) is 6.95. The Labute approximate surface area is 114 Å². The number of anilines is 1. The van der Waals surface area contributed by atoms with Crippen LogP contribution in [0.25, 0.3) is 0 Å². The molecular formula is C11H15BrClN3O. The molecule has 6 heteroatoms. The molecule has 1 aromatic heterocycles. The third-order valence-electron chi connectivity index (χ3n) is 3.06. The Morgan fingerprint density at radius 1 is 1.47 bits per heavy atom. The van der Waals surface area contributed by atoms with Crippen molar-refractivity contribution in [2.45, 2.75) is 31.7 Å². The van der Waals surface area contributed by atoms with Crippen molar-refractivity contribution in [2.24, 2.45) is 0 Å². The van der Waals surface area contributed by atoms with Crippen LogP contribution in [-0.2, 0) is 0 Å². The number of nitrogens with zero attached hydrogens (tertiary/aromatic N) is 3. The summed E-state index contributed by atoms with van der Waals surface area (Å²) in [7, 11) is 0. The molecule has 1 aliphatic rings. The zero-order chi connectivity index (χ0) is 12.3. The first kappa shape index (κ1) is 13.1. The summed E-state index contributed by atoms with van der Waals surface area (Å²) < 4.78 is 0.822. The van der Waals surface area contributed by atoms with Crippen molar-refractivity contribution in [1.29, 1.82) is 0 Å². The van der Waals surface area contributed by atoms with E-state index in [0.717, 1.165) is 36.1 Å². The van der Waals surface area contributed by atoms with E-state index in [-0.39, 0.29) is 17.9 Å². The van der Waals surface area contributed by atoms with Crippen LogP contribution < -0.4 is 4.90 Å². The molecule has 1 aromatic rings. The molecular weight excluding hydrogens is 305 g/mol. The Hall–Kier alpha value is -0.390. The van der Waals surface area contributed by atoms with Crippen LogP contribution in [0.5, 0.6) is 0 Å². The van der Waals surface area contributed by atoms with E-state index in [9.17, 15) is 5.11 Å². The fourth-order valence-electron chi connectivity index (χ4n) is 2.18. The molecule has 94 valence electrons. The van der Waals surface area contributed by atoms with Crippen LogP contribution in [0.4, 0.5) is 5.82 Å². The van der Waals surface area contributed by atoms with Crippen LogP contribution >= 0.6 is 27.5 Å². The normalized spacial score (nSPS) is 21.4. The van der Waals surface area contributed by atoms with Crippen LogP contribution in [0.2, 0.25) is 5.28 Å². The Bertz CT molecular complexity index is 391. The van der Waals surface area contributed by atoms with Gasteiger partial charge in [0, 0.05) is 12.7 Å². The van der Waals surface area contributed by atoms with Crippen molar-refractivity contribution >= 4 is 33.3 Å². The standard InChI is InChI=1S/C11H15BrClN3O/c12-9-6-14-11(13)15-10(9)16-5-3-1-2-4-8(16)7-17/h6,8,17H,1-5,7H2. The number of aromatic nitrogens is 2. The number of halogens is 2. The molecule has 0 saturated carbocycles. The summed E-state index contributed by atoms with van der Waals surface area (Å²) in [6, 6.07) is 0.125. The number of aliphatic hydroxyl groups is 1. The fraction of sp³-hybridized carbons (Fsp3) is 0.636. The van der Waals surface area contributed by atoms with Crippen LogP contribution in [0.1, 0.15) is 25.7 Å². The minimum absolute atomic E-state index is 0.125. The molecule has 1 fully saturated rings. The monoisotopic (exact) mass is 319 g/mol. The third-order valence-corrected chi connectivity index (χ3v) is 3.80. The van der Waals surface area contributed by atoms with E-state index in [1.807, 2.05) is 0 Å². The van der Waals surface area contributed by atoms with Crippen molar-refractivity contribution in [2.75, 3.05) is 18.1 Å². The van der Waals surface area contributed by atoms with Gasteiger partial charge in [-0.3, -0.25) is 0 Å². The Morgan fingerprint density at radius 3 is 3.06 bits per heavy atom. The zero-order valence-electron chi connectivity index (χ0n) is 9.44. The van der Waals surface area contributed by atoms with E-state index < -0.39 is 0 Å². The van der Waals surface area contributed by atoms with Crippen molar-refractivity contribution in [3.63, 3.8) is 0 Å². The summed E-state index contributed by atoms with van der Waals surface area (Å²) in [4.78, 5) is 10.3. The fourth-order valence-corrected chi connectivity index (χ4v) is 2.73. The second-order valence-corrected chi connectivity index (χ2v) is 5.38. The van der Waals surface area contributed by atoms with E-state index in [4.69, 9.17) is 11.6 Å². The van der Waals surface area contributed by atoms with Crippen LogP contribution in [0, 0.1) is 0 Å². The Kier molecular flexibility index (Phi) is 4.59. The summed E-state index contributed by atoms with van der Waals surface area (Å²) in [6.45, 7) is 1.05. The van der Waals surface area contributed by atoms with Gasteiger partial charge in [0.2, 0.25) is 5.28 Å². The first-order chi connectivity index (χ1) is 8.22. The lowest BCUT2D eigenvalue weighted by Crippen LogP contribution is -2.38. The highest BCUT2D eigenvalue weighted by Gasteiger charge is 2.23. The molecule has 0 radical (unpaired) electrons. The molecule has 1 N–H and O–H groups in total. The first-order valence-electron chi connectivity index (χ1n) is 5.78. The van der Waals surface area contributed by atoms with Gasteiger partial charge in [-0.2, -0.15) is 4.98 Å². The number of aliphatic hydroxyl groups excluding tert-OH is 1. The van der Waals surface area contributed by atoms with Gasteiger partial charge in [-0.1, -0.05) is 12.8 Å². The molecule has 17 heavy (non-hydrogen) atoms. The van der Waals surface area contributed by atoms with Crippen molar-refractivity contribution in [3.05, 3.63) is 16.0 Å². The lowest BCUT2D eigenvalue weighted by molar-refractivity contribution is 0.254. The van der Waals surface area contributed by atoms with E-state index in [2.05, 4.69) is 30.8 Å². The summed E-state index contributed by atoms with van der Waals surface area (Å²) in [5.41, 5.74) is 0. The highest BCUT2D eigenvalue weighted by molar-refractivity contribution is 9.10. The van der Waals surface area contributed by atoms with Gasteiger partial charge in [0.25, 0.3) is 0 Å². The number of hydrogen-bond acceptors (Lipinski definition) is 4. The maximum absolute atomic E-state index is 9.47. The topological polar surface area (TPSA) is 49.2 Å². The molecule has 0 aromatic carbocycles. The maximum Gasteiger partial charge on any atom is 0.224 e. The second-order valence-electron chi connectivity index (χ2n) is 4.19. The van der Waals surface area contributed by atoms with Gasteiger partial charge in [0.15, 0.2) is 0 Å². The van der Waals surface area contributed by atoms with Gasteiger partial charge < -0.3 is 10.0 Å². The molecule has 1 atom stereocenters. The summed E-state index contributed by atoms with van der Waals surface area (Å²) in [5.74, 6) is 0.783. The molecule has 0 bridgehead atoms. The van der Waals surface area contributed by atoms with Gasteiger partial charge in [-0.25, -0.2) is 4.98 Å². The second kappa shape index (κ2) is 5.98. The van der Waals surface area contributed by atoms with Crippen LogP contribution in [0.3, 0.4) is 0 Å². The largest absolute Gasteiger partial charge is 0.394 e. The molecule has 2 rings (SSSR count). The molecule has 2 heterocycles. The molecule has 0 amide bonds. The SMILES string of the molecule is OCC1CCCCCN1c1nc(Cl)ncc1Br.